The third kappa shape index (κ3) is 3.80. The Bertz CT molecular complexity index is 907. The molecule has 0 bridgehead atoms. The lowest BCUT2D eigenvalue weighted by atomic mass is 9.86. The van der Waals surface area contributed by atoms with Gasteiger partial charge in [-0.25, -0.2) is 0 Å². The second-order valence-corrected chi connectivity index (χ2v) is 7.99. The van der Waals surface area contributed by atoms with Crippen molar-refractivity contribution in [2.45, 2.75) is 25.1 Å². The minimum Gasteiger partial charge on any atom is -0.497 e. The van der Waals surface area contributed by atoms with Gasteiger partial charge in [-0.05, 0) is 41.1 Å². The second kappa shape index (κ2) is 8.39. The fourth-order valence-electron chi connectivity index (χ4n) is 3.95. The van der Waals surface area contributed by atoms with Crippen molar-refractivity contribution in [2.75, 3.05) is 27.3 Å². The van der Waals surface area contributed by atoms with Crippen LogP contribution in [0.3, 0.4) is 0 Å². The van der Waals surface area contributed by atoms with Crippen LogP contribution in [0, 0.1) is 0 Å². The highest BCUT2D eigenvalue weighted by molar-refractivity contribution is 7.08. The van der Waals surface area contributed by atoms with E-state index in [2.05, 4.69) is 6.08 Å². The fourth-order valence-corrected chi connectivity index (χ4v) is 4.58. The molecule has 152 valence electrons. The number of likely N-dealkylation sites (tertiary alicyclic amines) is 1. The molecular formula is C22H24N2O4S. The predicted molar refractivity (Wildman–Crippen MR) is 111 cm³/mol. The minimum atomic E-state index is -0.446. The Hall–Kier alpha value is -2.64. The average molecular weight is 413 g/mol. The number of carbonyl (C=O) groups excluding carboxylic acids is 2. The van der Waals surface area contributed by atoms with E-state index >= 15 is 0 Å². The number of benzene rings is 1. The maximum atomic E-state index is 12.6. The number of amides is 2. The maximum absolute atomic E-state index is 12.6. The van der Waals surface area contributed by atoms with Gasteiger partial charge in [0.2, 0.25) is 0 Å². The summed E-state index contributed by atoms with van der Waals surface area (Å²) in [6, 6.07) is 9.52. The van der Waals surface area contributed by atoms with E-state index in [9.17, 15) is 9.59 Å². The first-order chi connectivity index (χ1) is 14.1. The molecule has 2 aliphatic rings. The molecule has 2 amide bonds. The first kappa shape index (κ1) is 19.7. The monoisotopic (exact) mass is 412 g/mol. The first-order valence-electron chi connectivity index (χ1n) is 9.59. The van der Waals surface area contributed by atoms with Crippen LogP contribution in [0.4, 0.5) is 0 Å². The highest BCUT2D eigenvalue weighted by Gasteiger charge is 2.49. The van der Waals surface area contributed by atoms with Crippen LogP contribution in [0.15, 0.2) is 52.7 Å². The van der Waals surface area contributed by atoms with Crippen LogP contribution in [-0.2, 0) is 16.1 Å². The molecule has 4 rings (SSSR count). The number of β-lactam (4-membered cyclic amide) rings is 1. The first-order valence-corrected chi connectivity index (χ1v) is 10.5. The van der Waals surface area contributed by atoms with Crippen LogP contribution in [0.2, 0.25) is 0 Å². The smallest absolute Gasteiger partial charge is 0.255 e. The third-order valence-corrected chi connectivity index (χ3v) is 6.28. The van der Waals surface area contributed by atoms with Crippen molar-refractivity contribution in [3.63, 3.8) is 0 Å². The number of hydrogen-bond donors (Lipinski definition) is 0. The van der Waals surface area contributed by atoms with Gasteiger partial charge in [-0.15, -0.1) is 0 Å². The van der Waals surface area contributed by atoms with E-state index in [0.717, 1.165) is 23.3 Å². The van der Waals surface area contributed by atoms with E-state index in [0.29, 0.717) is 19.6 Å². The Morgan fingerprint density at radius 1 is 1.21 bits per heavy atom. The Labute approximate surface area is 174 Å². The molecule has 1 fully saturated rings. The van der Waals surface area contributed by atoms with Gasteiger partial charge in [-0.3, -0.25) is 9.59 Å². The van der Waals surface area contributed by atoms with Crippen LogP contribution in [-0.4, -0.2) is 61.1 Å². The van der Waals surface area contributed by atoms with E-state index in [1.54, 1.807) is 14.2 Å². The van der Waals surface area contributed by atoms with Crippen LogP contribution in [0.1, 0.15) is 22.3 Å². The molecule has 0 spiro atoms. The van der Waals surface area contributed by atoms with Crippen molar-refractivity contribution >= 4 is 23.2 Å². The summed E-state index contributed by atoms with van der Waals surface area (Å²) in [7, 11) is 3.21. The van der Waals surface area contributed by atoms with E-state index in [-0.39, 0.29) is 17.9 Å². The molecule has 1 aromatic carbocycles. The van der Waals surface area contributed by atoms with Crippen LogP contribution in [0.5, 0.6) is 5.75 Å². The summed E-state index contributed by atoms with van der Waals surface area (Å²) in [5, 5.41) is 3.79. The number of hydrogen-bond acceptors (Lipinski definition) is 5. The number of ether oxygens (including phenoxy) is 2. The summed E-state index contributed by atoms with van der Waals surface area (Å²) >= 11 is 1.53. The second-order valence-electron chi connectivity index (χ2n) is 7.21. The molecule has 7 heteroatoms. The lowest BCUT2D eigenvalue weighted by Gasteiger charge is -2.48. The van der Waals surface area contributed by atoms with Gasteiger partial charge in [0.05, 0.1) is 18.7 Å². The molecule has 3 heterocycles. The summed E-state index contributed by atoms with van der Waals surface area (Å²) < 4.78 is 10.7. The molecule has 29 heavy (non-hydrogen) atoms. The quantitative estimate of drug-likeness (QED) is 0.541. The summed E-state index contributed by atoms with van der Waals surface area (Å²) in [4.78, 5) is 28.9. The summed E-state index contributed by atoms with van der Waals surface area (Å²) in [5.41, 5.74) is 2.95. The van der Waals surface area contributed by atoms with Crippen molar-refractivity contribution in [2.24, 2.45) is 0 Å². The van der Waals surface area contributed by atoms with Gasteiger partial charge in [0.1, 0.15) is 5.75 Å². The SMILES string of the molecule is COc1ccc(CN2C(=O)C(OC)C2C2=CCN(C(=O)c3ccsc3)CC2)cc1. The number of rotatable bonds is 6. The normalized spacial score (nSPS) is 21.6. The lowest BCUT2D eigenvalue weighted by Crippen LogP contribution is -2.66. The van der Waals surface area contributed by atoms with Crippen molar-refractivity contribution in [3.05, 3.63) is 63.9 Å². The largest absolute Gasteiger partial charge is 0.497 e. The minimum absolute atomic E-state index is 0.00555. The molecule has 0 saturated carbocycles. The van der Waals surface area contributed by atoms with Gasteiger partial charge in [0, 0.05) is 32.1 Å². The van der Waals surface area contributed by atoms with Crippen LogP contribution in [0.25, 0.3) is 0 Å². The summed E-state index contributed by atoms with van der Waals surface area (Å²) in [5.74, 6) is 0.857. The van der Waals surface area contributed by atoms with Gasteiger partial charge in [-0.2, -0.15) is 11.3 Å². The number of thiophene rings is 1. The molecule has 2 aromatic rings. The molecule has 6 nitrogen and oxygen atoms in total. The van der Waals surface area contributed by atoms with Gasteiger partial charge < -0.3 is 19.3 Å². The number of carbonyl (C=O) groups is 2. The van der Waals surface area contributed by atoms with Gasteiger partial charge >= 0.3 is 0 Å². The molecule has 1 saturated heterocycles. The highest BCUT2D eigenvalue weighted by atomic mass is 32.1. The van der Waals surface area contributed by atoms with Crippen molar-refractivity contribution in [1.29, 1.82) is 0 Å². The molecular weight excluding hydrogens is 388 g/mol. The molecule has 0 aliphatic carbocycles. The maximum Gasteiger partial charge on any atom is 0.255 e. The average Bonchev–Trinajstić information content (AvgIpc) is 3.30. The molecule has 0 radical (unpaired) electrons. The Balaban J connectivity index is 1.46. The zero-order valence-electron chi connectivity index (χ0n) is 16.5. The summed E-state index contributed by atoms with van der Waals surface area (Å²) in [6.07, 6.45) is 2.38. The van der Waals surface area contributed by atoms with E-state index < -0.39 is 6.10 Å². The zero-order valence-corrected chi connectivity index (χ0v) is 17.4. The van der Waals surface area contributed by atoms with Crippen LogP contribution < -0.4 is 4.74 Å². The van der Waals surface area contributed by atoms with E-state index in [1.807, 2.05) is 50.9 Å². The van der Waals surface area contributed by atoms with Gasteiger partial charge in [0.15, 0.2) is 6.10 Å². The van der Waals surface area contributed by atoms with Crippen molar-refractivity contribution < 1.29 is 19.1 Å². The Morgan fingerprint density at radius 3 is 2.59 bits per heavy atom. The van der Waals surface area contributed by atoms with Gasteiger partial charge in [-0.1, -0.05) is 18.2 Å². The standard InChI is InChI=1S/C22H24N2O4S/c1-27-18-5-3-15(4-6-18)13-24-19(20(28-2)22(24)26)16-7-10-23(11-8-16)21(25)17-9-12-29-14-17/h3-7,9,12,14,19-20H,8,10-11,13H2,1-2H3. The Kier molecular flexibility index (Phi) is 5.69. The van der Waals surface area contributed by atoms with Crippen molar-refractivity contribution in [1.82, 2.24) is 9.80 Å². The fraction of sp³-hybridized carbons (Fsp3) is 0.364. The topological polar surface area (TPSA) is 59.1 Å². The van der Waals surface area contributed by atoms with E-state index in [1.165, 1.54) is 16.9 Å². The molecule has 2 aliphatic heterocycles. The lowest BCUT2D eigenvalue weighted by molar-refractivity contribution is -0.168. The molecule has 2 unspecified atom stereocenters. The highest BCUT2D eigenvalue weighted by Crippen LogP contribution is 2.33. The van der Waals surface area contributed by atoms with Crippen LogP contribution >= 0.6 is 11.3 Å². The predicted octanol–water partition coefficient (Wildman–Crippen LogP) is 2.96. The molecule has 0 N–H and O–H groups in total. The van der Waals surface area contributed by atoms with Crippen molar-refractivity contribution in [3.8, 4) is 5.75 Å². The number of methoxy groups -OCH3 is 2. The molecule has 2 atom stereocenters. The summed E-state index contributed by atoms with van der Waals surface area (Å²) in [6.45, 7) is 1.74. The third-order valence-electron chi connectivity index (χ3n) is 5.59. The zero-order chi connectivity index (χ0) is 20.4. The molecule has 1 aromatic heterocycles. The van der Waals surface area contributed by atoms with Gasteiger partial charge in [0.25, 0.3) is 11.8 Å². The number of nitrogens with zero attached hydrogens (tertiary/aromatic N) is 2. The van der Waals surface area contributed by atoms with E-state index in [4.69, 9.17) is 9.47 Å². The Morgan fingerprint density at radius 2 is 2.00 bits per heavy atom.